The molecule has 0 amide bonds. The lowest BCUT2D eigenvalue weighted by Crippen LogP contribution is -2.39. The van der Waals surface area contributed by atoms with E-state index >= 15 is 0 Å². The smallest absolute Gasteiger partial charge is 0.217 e. The molecule has 2 aromatic carbocycles. The van der Waals surface area contributed by atoms with E-state index in [0.29, 0.717) is 0 Å². The Morgan fingerprint density at radius 1 is 1.24 bits per heavy atom. The quantitative estimate of drug-likeness (QED) is 0.824. The summed E-state index contributed by atoms with van der Waals surface area (Å²) in [5.74, 6) is -0.508. The molecule has 1 heterocycles. The summed E-state index contributed by atoms with van der Waals surface area (Å²) in [4.78, 5) is -0.0471. The van der Waals surface area contributed by atoms with Crippen LogP contribution in [-0.4, -0.2) is 10.6 Å². The van der Waals surface area contributed by atoms with Gasteiger partial charge in [-0.3, -0.25) is 0 Å². The second-order valence-corrected chi connectivity index (χ2v) is 6.63. The Morgan fingerprint density at radius 2 is 1.95 bits per heavy atom. The molecule has 1 N–H and O–H groups in total. The fraction of sp³-hybridized carbons (Fsp3) is 0.200. The fourth-order valence-electron chi connectivity index (χ4n) is 2.40. The molecule has 0 radical (unpaired) electrons. The Balaban J connectivity index is 2.10. The molecule has 6 heteroatoms. The minimum Gasteiger partial charge on any atom is -0.593 e. The van der Waals surface area contributed by atoms with Crippen molar-refractivity contribution < 1.29 is 17.9 Å². The predicted octanol–water partition coefficient (Wildman–Crippen LogP) is 2.84. The van der Waals surface area contributed by atoms with Gasteiger partial charge in [0.1, 0.15) is 11.9 Å². The van der Waals surface area contributed by atoms with Crippen LogP contribution < -0.4 is 9.46 Å². The zero-order valence-corrected chi connectivity index (χ0v) is 12.1. The van der Waals surface area contributed by atoms with Crippen LogP contribution in [0.4, 0.5) is 4.39 Å². The second-order valence-electron chi connectivity index (χ2n) is 4.95. The molecule has 0 aliphatic carbocycles. The van der Waals surface area contributed by atoms with Gasteiger partial charge >= 0.3 is 0 Å². The molecule has 0 fully saturated rings. The van der Waals surface area contributed by atoms with Crippen LogP contribution in [0.5, 0.6) is 5.75 Å². The van der Waals surface area contributed by atoms with Crippen molar-refractivity contribution >= 4 is 10.4 Å². The minimum atomic E-state index is -3.73. The van der Waals surface area contributed by atoms with Gasteiger partial charge in [-0.05, 0) is 18.6 Å². The lowest BCUT2D eigenvalue weighted by Gasteiger charge is -2.22. The Hall–Kier alpha value is -1.76. The number of fused-ring (bicyclic) bond motifs is 1. The first-order valence-corrected chi connectivity index (χ1v) is 7.99. The second kappa shape index (κ2) is 5.22. The van der Waals surface area contributed by atoms with Crippen LogP contribution in [0, 0.1) is 5.82 Å². The van der Waals surface area contributed by atoms with Crippen molar-refractivity contribution in [2.45, 2.75) is 24.0 Å². The van der Waals surface area contributed by atoms with E-state index in [4.69, 9.17) is 4.74 Å². The van der Waals surface area contributed by atoms with Gasteiger partial charge < -0.3 is 9.29 Å². The molecular formula is C15H14FNO3S. The molecule has 0 aromatic heterocycles. The first-order chi connectivity index (χ1) is 9.97. The van der Waals surface area contributed by atoms with Crippen LogP contribution in [0.2, 0.25) is 0 Å². The van der Waals surface area contributed by atoms with E-state index in [2.05, 4.69) is 4.72 Å². The molecule has 1 aliphatic rings. The first-order valence-electron chi connectivity index (χ1n) is 6.51. The molecule has 1 aliphatic heterocycles. The third-order valence-electron chi connectivity index (χ3n) is 3.37. The van der Waals surface area contributed by atoms with Crippen molar-refractivity contribution in [2.24, 2.45) is 0 Å². The highest BCUT2D eigenvalue weighted by molar-refractivity contribution is 7.96. The Labute approximate surface area is 123 Å². The van der Waals surface area contributed by atoms with Gasteiger partial charge in [-0.15, -0.1) is 4.72 Å². The van der Waals surface area contributed by atoms with Crippen LogP contribution >= 0.6 is 0 Å². The van der Waals surface area contributed by atoms with E-state index in [1.54, 1.807) is 6.92 Å². The third kappa shape index (κ3) is 2.70. The van der Waals surface area contributed by atoms with Gasteiger partial charge in [0.25, 0.3) is 0 Å². The van der Waals surface area contributed by atoms with Gasteiger partial charge in [0.2, 0.25) is 4.90 Å². The number of ether oxygens (including phenoxy) is 1. The van der Waals surface area contributed by atoms with E-state index in [9.17, 15) is 13.2 Å². The normalized spacial score (nSPS) is 28.3. The van der Waals surface area contributed by atoms with Crippen LogP contribution in [0.25, 0.3) is 0 Å². The van der Waals surface area contributed by atoms with Gasteiger partial charge in [-0.2, -0.15) is 0 Å². The van der Waals surface area contributed by atoms with Crippen LogP contribution in [0.3, 0.4) is 0 Å². The minimum absolute atomic E-state index is 0.0284. The maximum atomic E-state index is 13.4. The summed E-state index contributed by atoms with van der Waals surface area (Å²) in [7, 11) is -3.73. The van der Waals surface area contributed by atoms with Crippen LogP contribution in [-0.2, 0) is 14.6 Å². The SMILES string of the molecule is C[C@@H]1N[S+](=O)([O-])c2ccc(F)cc2O[C@H]1c1ccccc1. The maximum absolute atomic E-state index is 13.4. The van der Waals surface area contributed by atoms with E-state index in [1.807, 2.05) is 30.3 Å². The largest absolute Gasteiger partial charge is 0.593 e. The average Bonchev–Trinajstić information content (AvgIpc) is 2.53. The summed E-state index contributed by atoms with van der Waals surface area (Å²) >= 11 is 0. The van der Waals surface area contributed by atoms with Gasteiger partial charge in [0, 0.05) is 12.1 Å². The highest BCUT2D eigenvalue weighted by Crippen LogP contribution is 2.36. The molecule has 0 bridgehead atoms. The van der Waals surface area contributed by atoms with Crippen molar-refractivity contribution in [3.05, 3.63) is 59.9 Å². The standard InChI is InChI=1S/C15H14FNO3S/c1-10-15(11-5-3-2-4-6-11)20-13-9-12(16)7-8-14(13)21(18,19)17-10/h2-10,15H,1H3,(H-,17,18,19)/t10-,15+/m0/s1. The molecule has 0 saturated heterocycles. The maximum Gasteiger partial charge on any atom is 0.217 e. The number of hydrogen-bond donors (Lipinski definition) is 1. The number of hydrogen-bond acceptors (Lipinski definition) is 3. The summed E-state index contributed by atoms with van der Waals surface area (Å²) < 4.78 is 46.3. The fourth-order valence-corrected chi connectivity index (χ4v) is 3.76. The lowest BCUT2D eigenvalue weighted by molar-refractivity contribution is 0.173. The summed E-state index contributed by atoms with van der Waals surface area (Å²) in [6.45, 7) is 1.72. The molecule has 2 aromatic rings. The molecule has 3 atom stereocenters. The van der Waals surface area contributed by atoms with Gasteiger partial charge in [-0.25, -0.2) is 4.39 Å². The molecule has 0 spiro atoms. The summed E-state index contributed by atoms with van der Waals surface area (Å²) in [5, 5.41) is 0. The molecule has 3 rings (SSSR count). The summed E-state index contributed by atoms with van der Waals surface area (Å²) in [6, 6.07) is 12.2. The topological polar surface area (TPSA) is 61.4 Å². The van der Waals surface area contributed by atoms with Crippen LogP contribution in [0.15, 0.2) is 53.4 Å². The zero-order valence-electron chi connectivity index (χ0n) is 11.3. The Kier molecular flexibility index (Phi) is 3.52. The monoisotopic (exact) mass is 307 g/mol. The highest BCUT2D eigenvalue weighted by atomic mass is 32.3. The van der Waals surface area contributed by atoms with Gasteiger partial charge in [-0.1, -0.05) is 34.5 Å². The lowest BCUT2D eigenvalue weighted by atomic mass is 10.0. The van der Waals surface area contributed by atoms with Crippen molar-refractivity contribution in [2.75, 3.05) is 0 Å². The Bertz CT molecular complexity index is 707. The zero-order chi connectivity index (χ0) is 15.0. The molecular weight excluding hydrogens is 293 g/mol. The molecule has 21 heavy (non-hydrogen) atoms. The number of sulfonamides is 1. The molecule has 110 valence electrons. The van der Waals surface area contributed by atoms with E-state index < -0.39 is 28.4 Å². The van der Waals surface area contributed by atoms with E-state index in [1.165, 1.54) is 6.07 Å². The Morgan fingerprint density at radius 3 is 2.67 bits per heavy atom. The van der Waals surface area contributed by atoms with Crippen molar-refractivity contribution in [1.29, 1.82) is 0 Å². The summed E-state index contributed by atoms with van der Waals surface area (Å²) in [6.07, 6.45) is -0.524. The van der Waals surface area contributed by atoms with E-state index in [0.717, 1.165) is 17.7 Å². The van der Waals surface area contributed by atoms with Gasteiger partial charge in [0.15, 0.2) is 16.1 Å². The number of benzene rings is 2. The molecule has 4 nitrogen and oxygen atoms in total. The third-order valence-corrected chi connectivity index (χ3v) is 4.97. The van der Waals surface area contributed by atoms with Crippen LogP contribution in [0.1, 0.15) is 18.6 Å². The number of halogens is 1. The van der Waals surface area contributed by atoms with E-state index in [-0.39, 0.29) is 10.6 Å². The van der Waals surface area contributed by atoms with Crippen molar-refractivity contribution in [1.82, 2.24) is 4.72 Å². The average molecular weight is 307 g/mol. The van der Waals surface area contributed by atoms with Crippen molar-refractivity contribution in [3.63, 3.8) is 0 Å². The predicted molar refractivity (Wildman–Crippen MR) is 75.9 cm³/mol. The first kappa shape index (κ1) is 14.2. The number of rotatable bonds is 1. The highest BCUT2D eigenvalue weighted by Gasteiger charge is 2.37. The molecule has 0 saturated carbocycles. The summed E-state index contributed by atoms with van der Waals surface area (Å²) in [5.41, 5.74) is 0.824. The van der Waals surface area contributed by atoms with Gasteiger partial charge in [0.05, 0.1) is 6.04 Å². The number of nitrogens with one attached hydrogen (secondary N) is 1. The van der Waals surface area contributed by atoms with Crippen molar-refractivity contribution in [3.8, 4) is 5.75 Å². The molecule has 1 unspecified atom stereocenters.